The number of nitrogens with two attached hydrogens (primary N) is 1. The van der Waals surface area contributed by atoms with E-state index < -0.39 is 6.10 Å². The third-order valence-corrected chi connectivity index (χ3v) is 2.82. The summed E-state index contributed by atoms with van der Waals surface area (Å²) in [6, 6.07) is 0. The molecule has 18 heavy (non-hydrogen) atoms. The minimum Gasteiger partial charge on any atom is -0.393 e. The number of ether oxygens (including phenoxy) is 2. The lowest BCUT2D eigenvalue weighted by molar-refractivity contribution is -0.158. The Kier molecular flexibility index (Phi) is 6.52. The van der Waals surface area contributed by atoms with Gasteiger partial charge in [0.1, 0.15) is 0 Å². The molecule has 1 fully saturated rings. The van der Waals surface area contributed by atoms with Crippen LogP contribution in [-0.4, -0.2) is 54.8 Å². The highest BCUT2D eigenvalue weighted by molar-refractivity contribution is 7.80. The number of thiocarbonyl (C=S) groups is 1. The molecule has 104 valence electrons. The number of amides is 1. The molecular weight excluding hydrogens is 252 g/mol. The van der Waals surface area contributed by atoms with Crippen molar-refractivity contribution >= 4 is 23.1 Å². The Morgan fingerprint density at radius 1 is 1.50 bits per heavy atom. The van der Waals surface area contributed by atoms with Crippen molar-refractivity contribution in [3.05, 3.63) is 0 Å². The van der Waals surface area contributed by atoms with E-state index in [-0.39, 0.29) is 5.91 Å². The van der Waals surface area contributed by atoms with Gasteiger partial charge in [-0.25, -0.2) is 0 Å². The van der Waals surface area contributed by atoms with Gasteiger partial charge >= 0.3 is 0 Å². The third-order valence-electron chi connectivity index (χ3n) is 2.62. The molecule has 1 rings (SSSR count). The first kappa shape index (κ1) is 15.3. The fourth-order valence-corrected chi connectivity index (χ4v) is 1.90. The number of nitrogens with zero attached hydrogens (tertiary/aromatic N) is 1. The van der Waals surface area contributed by atoms with Crippen molar-refractivity contribution in [3.8, 4) is 0 Å². The van der Waals surface area contributed by atoms with E-state index in [1.54, 1.807) is 4.90 Å². The number of rotatable bonds is 6. The van der Waals surface area contributed by atoms with Gasteiger partial charge < -0.3 is 20.1 Å². The van der Waals surface area contributed by atoms with Crippen molar-refractivity contribution in [3.63, 3.8) is 0 Å². The molecule has 1 aliphatic heterocycles. The highest BCUT2D eigenvalue weighted by atomic mass is 32.1. The van der Waals surface area contributed by atoms with Gasteiger partial charge in [-0.05, 0) is 5.92 Å². The topological polar surface area (TPSA) is 64.8 Å². The molecule has 0 aromatic rings. The predicted molar refractivity (Wildman–Crippen MR) is 73.4 cm³/mol. The molecule has 1 aliphatic rings. The van der Waals surface area contributed by atoms with Gasteiger partial charge in [-0.1, -0.05) is 26.1 Å². The summed E-state index contributed by atoms with van der Waals surface area (Å²) in [6.07, 6.45) is 0.0605. The minimum absolute atomic E-state index is 0.0281. The minimum atomic E-state index is -0.483. The molecule has 0 aromatic heterocycles. The smallest absolute Gasteiger partial charge is 0.254 e. The maximum Gasteiger partial charge on any atom is 0.254 e. The molecule has 1 saturated heterocycles. The summed E-state index contributed by atoms with van der Waals surface area (Å²) in [7, 11) is 0. The van der Waals surface area contributed by atoms with Crippen LogP contribution >= 0.6 is 12.2 Å². The molecule has 0 saturated carbocycles. The highest BCUT2D eigenvalue weighted by Crippen LogP contribution is 2.09. The Hall–Kier alpha value is -0.720. The van der Waals surface area contributed by atoms with Crippen LogP contribution in [0.15, 0.2) is 0 Å². The molecule has 5 nitrogen and oxygen atoms in total. The van der Waals surface area contributed by atoms with E-state index in [2.05, 4.69) is 13.8 Å². The van der Waals surface area contributed by atoms with E-state index in [9.17, 15) is 4.79 Å². The van der Waals surface area contributed by atoms with Gasteiger partial charge in [-0.15, -0.1) is 0 Å². The average Bonchev–Trinajstić information content (AvgIpc) is 2.34. The zero-order valence-corrected chi connectivity index (χ0v) is 11.9. The zero-order valence-electron chi connectivity index (χ0n) is 11.1. The average molecular weight is 274 g/mol. The Bertz CT molecular complexity index is 291. The molecular formula is C12H22N2O3S. The molecule has 0 radical (unpaired) electrons. The molecule has 0 aliphatic carbocycles. The Morgan fingerprint density at radius 2 is 2.22 bits per heavy atom. The van der Waals surface area contributed by atoms with Crippen LogP contribution in [-0.2, 0) is 14.3 Å². The van der Waals surface area contributed by atoms with Gasteiger partial charge in [0.2, 0.25) is 0 Å². The summed E-state index contributed by atoms with van der Waals surface area (Å²) in [5.74, 6) is 0.365. The largest absolute Gasteiger partial charge is 0.393 e. The lowest BCUT2D eigenvalue weighted by Crippen LogP contribution is -2.47. The van der Waals surface area contributed by atoms with Crippen molar-refractivity contribution in [2.75, 3.05) is 32.9 Å². The van der Waals surface area contributed by atoms with Crippen LogP contribution in [0.4, 0.5) is 0 Å². The van der Waals surface area contributed by atoms with Gasteiger partial charge in [0.05, 0.1) is 24.8 Å². The predicted octanol–water partition coefficient (Wildman–Crippen LogP) is 0.563. The van der Waals surface area contributed by atoms with Gasteiger partial charge in [0.15, 0.2) is 6.10 Å². The number of carbonyl (C=O) groups excluding carboxylic acids is 1. The van der Waals surface area contributed by atoms with Crippen LogP contribution < -0.4 is 5.73 Å². The molecule has 1 atom stereocenters. The molecule has 2 N–H and O–H groups in total. The van der Waals surface area contributed by atoms with E-state index in [0.717, 1.165) is 0 Å². The van der Waals surface area contributed by atoms with Crippen LogP contribution in [0, 0.1) is 5.92 Å². The van der Waals surface area contributed by atoms with Crippen LogP contribution in [0.5, 0.6) is 0 Å². The van der Waals surface area contributed by atoms with Crippen LogP contribution in [0.3, 0.4) is 0 Å². The summed E-state index contributed by atoms with van der Waals surface area (Å²) in [4.78, 5) is 14.5. The molecule has 0 aromatic carbocycles. The van der Waals surface area contributed by atoms with E-state index in [0.29, 0.717) is 50.2 Å². The first-order valence-electron chi connectivity index (χ1n) is 6.27. The van der Waals surface area contributed by atoms with Crippen molar-refractivity contribution in [2.45, 2.75) is 26.4 Å². The Labute approximate surface area is 114 Å². The lowest BCUT2D eigenvalue weighted by Gasteiger charge is -2.30. The third kappa shape index (κ3) is 5.29. The van der Waals surface area contributed by atoms with Gasteiger partial charge in [-0.2, -0.15) is 0 Å². The monoisotopic (exact) mass is 274 g/mol. The van der Waals surface area contributed by atoms with E-state index in [1.807, 2.05) is 0 Å². The molecule has 1 amide bonds. The standard InChI is InChI=1S/C12H22N2O3S/c1-9(2)7-14(4-3-11(13)18)12(15)10-8-16-5-6-17-10/h9-10H,3-8H2,1-2H3,(H2,13,18). The Morgan fingerprint density at radius 3 is 2.72 bits per heavy atom. The van der Waals surface area contributed by atoms with Crippen molar-refractivity contribution in [1.29, 1.82) is 0 Å². The van der Waals surface area contributed by atoms with Gasteiger partial charge in [-0.3, -0.25) is 4.79 Å². The van der Waals surface area contributed by atoms with Crippen molar-refractivity contribution in [1.82, 2.24) is 4.90 Å². The van der Waals surface area contributed by atoms with Crippen LogP contribution in [0.25, 0.3) is 0 Å². The molecule has 0 bridgehead atoms. The second kappa shape index (κ2) is 7.66. The van der Waals surface area contributed by atoms with Crippen LogP contribution in [0.2, 0.25) is 0 Å². The summed E-state index contributed by atoms with van der Waals surface area (Å²) < 4.78 is 10.7. The fourth-order valence-electron chi connectivity index (χ4n) is 1.81. The molecule has 6 heteroatoms. The summed E-state index contributed by atoms with van der Waals surface area (Å²) in [5.41, 5.74) is 5.49. The van der Waals surface area contributed by atoms with E-state index in [4.69, 9.17) is 27.4 Å². The lowest BCUT2D eigenvalue weighted by atomic mass is 10.2. The summed E-state index contributed by atoms with van der Waals surface area (Å²) in [5, 5.41) is 0. The first-order valence-corrected chi connectivity index (χ1v) is 6.68. The summed E-state index contributed by atoms with van der Waals surface area (Å²) in [6.45, 7) is 6.73. The molecule has 1 heterocycles. The van der Waals surface area contributed by atoms with E-state index >= 15 is 0 Å². The van der Waals surface area contributed by atoms with Gasteiger partial charge in [0, 0.05) is 19.5 Å². The SMILES string of the molecule is CC(C)CN(CCC(N)=S)C(=O)C1COCCO1. The second-order valence-corrected chi connectivity index (χ2v) is 5.35. The quantitative estimate of drug-likeness (QED) is 0.717. The van der Waals surface area contributed by atoms with Gasteiger partial charge in [0.25, 0.3) is 5.91 Å². The number of carbonyl (C=O) groups is 1. The second-order valence-electron chi connectivity index (χ2n) is 4.83. The number of hydrogen-bond acceptors (Lipinski definition) is 4. The number of hydrogen-bond donors (Lipinski definition) is 1. The highest BCUT2D eigenvalue weighted by Gasteiger charge is 2.27. The van der Waals surface area contributed by atoms with Crippen molar-refractivity contribution in [2.24, 2.45) is 11.7 Å². The Balaban J connectivity index is 2.55. The summed E-state index contributed by atoms with van der Waals surface area (Å²) >= 11 is 4.85. The maximum absolute atomic E-state index is 12.3. The fraction of sp³-hybridized carbons (Fsp3) is 0.833. The molecule has 0 spiro atoms. The normalized spacial score (nSPS) is 19.8. The van der Waals surface area contributed by atoms with Crippen LogP contribution in [0.1, 0.15) is 20.3 Å². The molecule has 1 unspecified atom stereocenters. The van der Waals surface area contributed by atoms with Crippen molar-refractivity contribution < 1.29 is 14.3 Å². The van der Waals surface area contributed by atoms with E-state index in [1.165, 1.54) is 0 Å². The zero-order chi connectivity index (χ0) is 13.5. The maximum atomic E-state index is 12.3. The first-order chi connectivity index (χ1) is 8.50.